The Balaban J connectivity index is 1.20. The number of hydrogen-bond acceptors (Lipinski definition) is 8. The normalized spacial score (nSPS) is 13.8. The summed E-state index contributed by atoms with van der Waals surface area (Å²) in [5.74, 6) is 0.647. The third-order valence-electron chi connectivity index (χ3n) is 5.94. The van der Waals surface area contributed by atoms with Gasteiger partial charge in [0.05, 0.1) is 26.8 Å². The standard InChI is InChI=1S/C27H26N6OS2/c1-17-25(36-18(2)30-17)23-16-35-27(31-23)32-24-9-8-22(15-29-24)26(34)33-12-10-21(11-13-33)20-6-4-19(5-7-20)14-28-3/h4-10,14-16H,11-13H2,1-3H3,(H,29,31,32). The molecule has 4 heterocycles. The molecule has 1 amide bonds. The number of aliphatic imine (C=N–C) groups is 1. The van der Waals surface area contributed by atoms with Crippen LogP contribution in [0.25, 0.3) is 16.1 Å². The molecule has 3 aromatic heterocycles. The van der Waals surface area contributed by atoms with Crippen LogP contribution in [-0.2, 0) is 0 Å². The number of nitrogens with one attached hydrogen (secondary N) is 1. The van der Waals surface area contributed by atoms with Gasteiger partial charge in [-0.15, -0.1) is 22.7 Å². The number of anilines is 2. The Morgan fingerprint density at radius 1 is 1.14 bits per heavy atom. The van der Waals surface area contributed by atoms with Gasteiger partial charge in [-0.05, 0) is 49.1 Å². The number of aryl methyl sites for hydroxylation is 2. The Labute approximate surface area is 218 Å². The lowest BCUT2D eigenvalue weighted by molar-refractivity contribution is 0.0772. The highest BCUT2D eigenvalue weighted by Gasteiger charge is 2.20. The Morgan fingerprint density at radius 2 is 1.97 bits per heavy atom. The molecular formula is C27H26N6OS2. The average Bonchev–Trinajstić information content (AvgIpc) is 3.50. The first-order chi connectivity index (χ1) is 17.5. The van der Waals surface area contributed by atoms with Crippen molar-refractivity contribution in [3.63, 3.8) is 0 Å². The van der Waals surface area contributed by atoms with Gasteiger partial charge >= 0.3 is 0 Å². The Kier molecular flexibility index (Phi) is 7.02. The molecule has 9 heteroatoms. The van der Waals surface area contributed by atoms with E-state index < -0.39 is 0 Å². The molecule has 0 radical (unpaired) electrons. The molecular weight excluding hydrogens is 488 g/mol. The maximum atomic E-state index is 13.0. The second-order valence-electron chi connectivity index (χ2n) is 8.48. The molecule has 0 fully saturated rings. The van der Waals surface area contributed by atoms with Crippen LogP contribution < -0.4 is 5.32 Å². The second-order valence-corrected chi connectivity index (χ2v) is 10.5. The molecule has 4 aromatic rings. The largest absolute Gasteiger partial charge is 0.335 e. The summed E-state index contributed by atoms with van der Waals surface area (Å²) >= 11 is 3.17. The monoisotopic (exact) mass is 514 g/mol. The molecule has 0 spiro atoms. The molecule has 36 heavy (non-hydrogen) atoms. The van der Waals surface area contributed by atoms with Crippen LogP contribution in [0.3, 0.4) is 0 Å². The lowest BCUT2D eigenvalue weighted by Gasteiger charge is -2.26. The van der Waals surface area contributed by atoms with Crippen molar-refractivity contribution in [2.45, 2.75) is 20.3 Å². The van der Waals surface area contributed by atoms with E-state index in [4.69, 9.17) is 0 Å². The van der Waals surface area contributed by atoms with E-state index in [1.807, 2.05) is 42.5 Å². The summed E-state index contributed by atoms with van der Waals surface area (Å²) in [5.41, 5.74) is 6.04. The van der Waals surface area contributed by atoms with E-state index in [0.717, 1.165) is 38.4 Å². The molecule has 182 valence electrons. The number of pyridine rings is 1. The highest BCUT2D eigenvalue weighted by molar-refractivity contribution is 7.16. The number of amides is 1. The van der Waals surface area contributed by atoms with Crippen LogP contribution in [-0.4, -0.2) is 52.1 Å². The Hall–Kier alpha value is -3.69. The van der Waals surface area contributed by atoms with E-state index in [-0.39, 0.29) is 5.91 Å². The number of thiazole rings is 2. The molecule has 7 nitrogen and oxygen atoms in total. The summed E-state index contributed by atoms with van der Waals surface area (Å²) in [4.78, 5) is 33.6. The molecule has 0 bridgehead atoms. The van der Waals surface area contributed by atoms with Crippen molar-refractivity contribution in [2.24, 2.45) is 4.99 Å². The molecule has 1 aliphatic rings. The first kappa shape index (κ1) is 24.0. The Morgan fingerprint density at radius 3 is 2.61 bits per heavy atom. The summed E-state index contributed by atoms with van der Waals surface area (Å²) in [5, 5.41) is 7.05. The van der Waals surface area contributed by atoms with Crippen LogP contribution in [0.1, 0.15) is 38.6 Å². The van der Waals surface area contributed by atoms with Crippen molar-refractivity contribution in [3.05, 3.63) is 81.4 Å². The Bertz CT molecular complexity index is 1430. The predicted octanol–water partition coefficient (Wildman–Crippen LogP) is 6.00. The van der Waals surface area contributed by atoms with Crippen molar-refractivity contribution >= 4 is 51.3 Å². The van der Waals surface area contributed by atoms with Crippen molar-refractivity contribution in [1.82, 2.24) is 19.9 Å². The van der Waals surface area contributed by atoms with Gasteiger partial charge in [-0.1, -0.05) is 30.3 Å². The molecule has 1 N–H and O–H groups in total. The van der Waals surface area contributed by atoms with Crippen LogP contribution in [0, 0.1) is 13.8 Å². The summed E-state index contributed by atoms with van der Waals surface area (Å²) < 4.78 is 0. The first-order valence-corrected chi connectivity index (χ1v) is 13.3. The average molecular weight is 515 g/mol. The minimum atomic E-state index is -0.00793. The smallest absolute Gasteiger partial charge is 0.255 e. The third-order valence-corrected chi connectivity index (χ3v) is 7.79. The van der Waals surface area contributed by atoms with E-state index in [0.29, 0.717) is 24.5 Å². The molecule has 5 rings (SSSR count). The van der Waals surface area contributed by atoms with Crippen molar-refractivity contribution < 1.29 is 4.79 Å². The zero-order valence-electron chi connectivity index (χ0n) is 20.4. The minimum Gasteiger partial charge on any atom is -0.335 e. The zero-order chi connectivity index (χ0) is 25.1. The van der Waals surface area contributed by atoms with Gasteiger partial charge in [-0.3, -0.25) is 9.79 Å². The van der Waals surface area contributed by atoms with Gasteiger partial charge in [-0.25, -0.2) is 15.0 Å². The topological polar surface area (TPSA) is 83.4 Å². The van der Waals surface area contributed by atoms with E-state index in [1.165, 1.54) is 22.5 Å². The number of nitrogens with zero attached hydrogens (tertiary/aromatic N) is 5. The first-order valence-electron chi connectivity index (χ1n) is 11.6. The summed E-state index contributed by atoms with van der Waals surface area (Å²) in [6.45, 7) is 5.27. The highest BCUT2D eigenvalue weighted by atomic mass is 32.1. The van der Waals surface area contributed by atoms with Crippen LogP contribution in [0.4, 0.5) is 10.9 Å². The van der Waals surface area contributed by atoms with Crippen molar-refractivity contribution in [1.29, 1.82) is 0 Å². The van der Waals surface area contributed by atoms with Gasteiger partial charge in [0, 0.05) is 37.9 Å². The number of aromatic nitrogens is 3. The highest BCUT2D eigenvalue weighted by Crippen LogP contribution is 2.33. The fourth-order valence-corrected chi connectivity index (χ4v) is 5.80. The lowest BCUT2D eigenvalue weighted by atomic mass is 9.98. The van der Waals surface area contributed by atoms with Crippen LogP contribution in [0.2, 0.25) is 0 Å². The quantitative estimate of drug-likeness (QED) is 0.319. The van der Waals surface area contributed by atoms with E-state index in [2.05, 4.69) is 55.6 Å². The van der Waals surface area contributed by atoms with Gasteiger partial charge in [0.2, 0.25) is 0 Å². The lowest BCUT2D eigenvalue weighted by Crippen LogP contribution is -2.34. The van der Waals surface area contributed by atoms with Gasteiger partial charge in [-0.2, -0.15) is 0 Å². The molecule has 0 saturated carbocycles. The summed E-state index contributed by atoms with van der Waals surface area (Å²) in [7, 11) is 1.77. The molecule has 1 aromatic carbocycles. The van der Waals surface area contributed by atoms with Crippen LogP contribution in [0.5, 0.6) is 0 Å². The molecule has 0 aliphatic carbocycles. The number of benzene rings is 1. The van der Waals surface area contributed by atoms with E-state index in [9.17, 15) is 4.79 Å². The summed E-state index contributed by atoms with van der Waals surface area (Å²) in [6, 6.07) is 12.0. The van der Waals surface area contributed by atoms with Crippen LogP contribution >= 0.6 is 22.7 Å². The minimum absolute atomic E-state index is 0.00793. The van der Waals surface area contributed by atoms with Gasteiger partial charge in [0.25, 0.3) is 5.91 Å². The number of carbonyl (C=O) groups is 1. The molecule has 0 saturated heterocycles. The number of carbonyl (C=O) groups excluding carboxylic acids is 1. The van der Waals surface area contributed by atoms with Gasteiger partial charge in [0.1, 0.15) is 5.82 Å². The molecule has 1 aliphatic heterocycles. The SMILES string of the molecule is CN=Cc1ccc(C2=CCN(C(=O)c3ccc(Nc4nc(-c5sc(C)nc5C)cs4)nc3)CC2)cc1. The van der Waals surface area contributed by atoms with Gasteiger partial charge < -0.3 is 10.2 Å². The molecule has 0 atom stereocenters. The molecule has 0 unspecified atom stereocenters. The predicted molar refractivity (Wildman–Crippen MR) is 149 cm³/mol. The van der Waals surface area contributed by atoms with E-state index >= 15 is 0 Å². The third kappa shape index (κ3) is 5.27. The fraction of sp³-hybridized carbons (Fsp3) is 0.222. The van der Waals surface area contributed by atoms with Crippen molar-refractivity contribution in [2.75, 3.05) is 25.5 Å². The van der Waals surface area contributed by atoms with Gasteiger partial charge in [0.15, 0.2) is 5.13 Å². The number of hydrogen-bond donors (Lipinski definition) is 1. The maximum Gasteiger partial charge on any atom is 0.255 e. The van der Waals surface area contributed by atoms with Crippen molar-refractivity contribution in [3.8, 4) is 10.6 Å². The summed E-state index contributed by atoms with van der Waals surface area (Å²) in [6.07, 6.45) is 6.43. The zero-order valence-corrected chi connectivity index (χ0v) is 22.0. The van der Waals surface area contributed by atoms with Crippen LogP contribution in [0.15, 0.2) is 59.0 Å². The second kappa shape index (κ2) is 10.5. The maximum absolute atomic E-state index is 13.0. The fourth-order valence-electron chi connectivity index (χ4n) is 4.14. The number of rotatable bonds is 6. The van der Waals surface area contributed by atoms with E-state index in [1.54, 1.807) is 24.6 Å².